The number of aliphatic hydroxyl groups excluding tert-OH is 1. The first-order chi connectivity index (χ1) is 11.6. The van der Waals surface area contributed by atoms with E-state index in [4.69, 9.17) is 16.3 Å². The predicted molar refractivity (Wildman–Crippen MR) is 92.4 cm³/mol. The number of hydrogen-bond acceptors (Lipinski definition) is 3. The molecule has 0 saturated carbocycles. The van der Waals surface area contributed by atoms with Crippen molar-refractivity contribution >= 4 is 28.4 Å². The number of likely N-dealkylation sites (tertiary alicyclic amines) is 1. The summed E-state index contributed by atoms with van der Waals surface area (Å²) in [6, 6.07) is 7.41. The zero-order valence-electron chi connectivity index (χ0n) is 13.4. The van der Waals surface area contributed by atoms with Gasteiger partial charge in [0.1, 0.15) is 5.69 Å². The van der Waals surface area contributed by atoms with Crippen LogP contribution in [0, 0.1) is 0 Å². The third kappa shape index (κ3) is 2.61. The monoisotopic (exact) mass is 348 g/mol. The number of aromatic nitrogens is 1. The van der Waals surface area contributed by atoms with Crippen LogP contribution in [0.3, 0.4) is 0 Å². The molecule has 1 spiro atoms. The molecule has 6 heteroatoms. The summed E-state index contributed by atoms with van der Waals surface area (Å²) in [5, 5.41) is 11.8. The Morgan fingerprint density at radius 2 is 2.17 bits per heavy atom. The van der Waals surface area contributed by atoms with Crippen LogP contribution in [0.2, 0.25) is 5.02 Å². The summed E-state index contributed by atoms with van der Waals surface area (Å²) in [7, 11) is 0. The topological polar surface area (TPSA) is 65.6 Å². The quantitative estimate of drug-likeness (QED) is 0.832. The smallest absolute Gasteiger partial charge is 0.270 e. The summed E-state index contributed by atoms with van der Waals surface area (Å²) in [5.74, 6) is -0.0255. The van der Waals surface area contributed by atoms with E-state index in [2.05, 4.69) is 4.98 Å². The molecule has 5 nitrogen and oxygen atoms in total. The number of fused-ring (bicyclic) bond motifs is 1. The molecule has 0 radical (unpaired) electrons. The highest BCUT2D eigenvalue weighted by atomic mass is 35.5. The van der Waals surface area contributed by atoms with Crippen molar-refractivity contribution in [3.05, 3.63) is 35.0 Å². The largest absolute Gasteiger partial charge is 0.390 e. The molecular formula is C18H21ClN2O3. The molecule has 1 aromatic heterocycles. The molecule has 128 valence electrons. The van der Waals surface area contributed by atoms with Gasteiger partial charge >= 0.3 is 0 Å². The van der Waals surface area contributed by atoms with Gasteiger partial charge in [-0.05, 0) is 43.9 Å². The molecule has 1 amide bonds. The Balaban J connectivity index is 1.50. The first kappa shape index (κ1) is 15.9. The van der Waals surface area contributed by atoms with E-state index >= 15 is 0 Å². The molecule has 2 aliphatic heterocycles. The number of carbonyl (C=O) groups is 1. The summed E-state index contributed by atoms with van der Waals surface area (Å²) in [6.07, 6.45) is 2.63. The lowest BCUT2D eigenvalue weighted by Gasteiger charge is -2.46. The van der Waals surface area contributed by atoms with E-state index < -0.39 is 11.7 Å². The average Bonchev–Trinajstić information content (AvgIpc) is 3.03. The second kappa shape index (κ2) is 6.06. The van der Waals surface area contributed by atoms with Gasteiger partial charge in [0.25, 0.3) is 5.91 Å². The third-order valence-corrected chi connectivity index (χ3v) is 5.69. The molecule has 1 aromatic carbocycles. The van der Waals surface area contributed by atoms with Crippen LogP contribution in [-0.2, 0) is 4.74 Å². The van der Waals surface area contributed by atoms with Crippen molar-refractivity contribution in [1.82, 2.24) is 9.88 Å². The van der Waals surface area contributed by atoms with Crippen LogP contribution in [0.25, 0.3) is 10.9 Å². The Bertz CT molecular complexity index is 765. The van der Waals surface area contributed by atoms with Gasteiger partial charge in [0.2, 0.25) is 0 Å². The summed E-state index contributed by atoms with van der Waals surface area (Å²) < 4.78 is 5.90. The summed E-state index contributed by atoms with van der Waals surface area (Å²) >= 11 is 6.19. The molecular weight excluding hydrogens is 328 g/mol. The Morgan fingerprint density at radius 1 is 1.38 bits per heavy atom. The molecule has 2 fully saturated rings. The van der Waals surface area contributed by atoms with Gasteiger partial charge in [0.15, 0.2) is 0 Å². The van der Waals surface area contributed by atoms with Crippen molar-refractivity contribution < 1.29 is 14.6 Å². The highest BCUT2D eigenvalue weighted by molar-refractivity contribution is 6.35. The maximum atomic E-state index is 12.8. The Morgan fingerprint density at radius 3 is 2.88 bits per heavy atom. The fourth-order valence-corrected chi connectivity index (χ4v) is 4.11. The molecule has 0 aliphatic carbocycles. The van der Waals surface area contributed by atoms with Gasteiger partial charge < -0.3 is 19.7 Å². The molecule has 2 saturated heterocycles. The van der Waals surface area contributed by atoms with Crippen molar-refractivity contribution in [1.29, 1.82) is 0 Å². The van der Waals surface area contributed by atoms with Crippen LogP contribution in [0.4, 0.5) is 0 Å². The zero-order chi connectivity index (χ0) is 16.7. The third-order valence-electron chi connectivity index (χ3n) is 5.36. The molecule has 2 N–H and O–H groups in total. The Labute approximate surface area is 145 Å². The number of nitrogens with zero attached hydrogens (tertiary/aromatic N) is 1. The van der Waals surface area contributed by atoms with Crippen LogP contribution in [0.1, 0.15) is 36.2 Å². The summed E-state index contributed by atoms with van der Waals surface area (Å²) in [5.41, 5.74) is 0.961. The number of carbonyl (C=O) groups excluding carboxylic acids is 1. The lowest BCUT2D eigenvalue weighted by molar-refractivity contribution is -0.174. The number of amides is 1. The average molecular weight is 349 g/mol. The molecule has 0 bridgehead atoms. The van der Waals surface area contributed by atoms with Crippen molar-refractivity contribution in [3.8, 4) is 0 Å². The number of rotatable bonds is 1. The summed E-state index contributed by atoms with van der Waals surface area (Å²) in [6.45, 7) is 1.89. The van der Waals surface area contributed by atoms with Crippen molar-refractivity contribution in [3.63, 3.8) is 0 Å². The van der Waals surface area contributed by atoms with Crippen LogP contribution in [0.5, 0.6) is 0 Å². The number of H-pyrrole nitrogens is 1. The Kier molecular flexibility index (Phi) is 4.03. The second-order valence-corrected chi connectivity index (χ2v) is 7.15. The van der Waals surface area contributed by atoms with Crippen molar-refractivity contribution in [2.45, 2.75) is 37.4 Å². The lowest BCUT2D eigenvalue weighted by atomic mass is 9.82. The van der Waals surface area contributed by atoms with Gasteiger partial charge in [-0.15, -0.1) is 0 Å². The molecule has 4 rings (SSSR count). The number of halogens is 1. The maximum absolute atomic E-state index is 12.8. The van der Waals surface area contributed by atoms with E-state index in [0.717, 1.165) is 23.7 Å². The molecule has 1 unspecified atom stereocenters. The minimum Gasteiger partial charge on any atom is -0.390 e. The number of aliphatic hydroxyl groups is 1. The van der Waals surface area contributed by atoms with Gasteiger partial charge in [0.05, 0.1) is 11.7 Å². The van der Waals surface area contributed by atoms with Crippen molar-refractivity contribution in [2.75, 3.05) is 19.7 Å². The van der Waals surface area contributed by atoms with E-state index in [0.29, 0.717) is 43.3 Å². The molecule has 1 atom stereocenters. The molecule has 2 aliphatic rings. The standard InChI is InChI=1S/C18H21ClN2O3/c19-13-3-1-4-14-12(13)11-15(20-14)17(23)21-8-6-18(7-9-21)16(22)5-2-10-24-18/h1,3-4,11,16,20,22H,2,5-10H2. The number of piperidine rings is 1. The SMILES string of the molecule is O=C(c1cc2c(Cl)cccc2[nH]1)N1CCC2(CC1)OCCCC2O. The van der Waals surface area contributed by atoms with Crippen LogP contribution in [-0.4, -0.2) is 52.3 Å². The minimum atomic E-state index is -0.460. The van der Waals surface area contributed by atoms with Gasteiger partial charge in [-0.2, -0.15) is 0 Å². The van der Waals surface area contributed by atoms with Gasteiger partial charge in [0, 0.05) is 35.6 Å². The zero-order valence-corrected chi connectivity index (χ0v) is 14.2. The van der Waals surface area contributed by atoms with E-state index in [9.17, 15) is 9.90 Å². The lowest BCUT2D eigenvalue weighted by Crippen LogP contribution is -2.56. The van der Waals surface area contributed by atoms with Gasteiger partial charge in [-0.25, -0.2) is 0 Å². The van der Waals surface area contributed by atoms with Crippen LogP contribution in [0.15, 0.2) is 24.3 Å². The highest BCUT2D eigenvalue weighted by Crippen LogP contribution is 2.35. The normalized spacial score (nSPS) is 23.8. The van der Waals surface area contributed by atoms with Crippen LogP contribution < -0.4 is 0 Å². The second-order valence-electron chi connectivity index (χ2n) is 6.75. The molecule has 2 aromatic rings. The molecule has 3 heterocycles. The Hall–Kier alpha value is -1.56. The first-order valence-corrected chi connectivity index (χ1v) is 8.85. The first-order valence-electron chi connectivity index (χ1n) is 8.48. The highest BCUT2D eigenvalue weighted by Gasteiger charge is 2.44. The van der Waals surface area contributed by atoms with E-state index in [1.54, 1.807) is 0 Å². The van der Waals surface area contributed by atoms with Crippen molar-refractivity contribution in [2.24, 2.45) is 0 Å². The van der Waals surface area contributed by atoms with E-state index in [-0.39, 0.29) is 5.91 Å². The number of benzene rings is 1. The fourth-order valence-electron chi connectivity index (χ4n) is 3.88. The van der Waals surface area contributed by atoms with Gasteiger partial charge in [-0.3, -0.25) is 4.79 Å². The number of ether oxygens (including phenoxy) is 1. The fraction of sp³-hybridized carbons (Fsp3) is 0.500. The summed E-state index contributed by atoms with van der Waals surface area (Å²) in [4.78, 5) is 17.8. The number of aromatic amines is 1. The minimum absolute atomic E-state index is 0.0255. The van der Waals surface area contributed by atoms with Gasteiger partial charge in [-0.1, -0.05) is 17.7 Å². The van der Waals surface area contributed by atoms with Crippen LogP contribution >= 0.6 is 11.6 Å². The maximum Gasteiger partial charge on any atom is 0.270 e. The number of hydrogen-bond donors (Lipinski definition) is 2. The predicted octanol–water partition coefficient (Wildman–Crippen LogP) is 2.97. The van der Waals surface area contributed by atoms with E-state index in [1.807, 2.05) is 29.2 Å². The molecule has 24 heavy (non-hydrogen) atoms. The van der Waals surface area contributed by atoms with E-state index in [1.165, 1.54) is 0 Å². The number of nitrogens with one attached hydrogen (secondary N) is 1.